The average molecular weight is 270 g/mol. The highest BCUT2D eigenvalue weighted by Gasteiger charge is 2.11. The first-order valence-electron chi connectivity index (χ1n) is 5.82. The molecule has 0 spiro atoms. The van der Waals surface area contributed by atoms with Crippen LogP contribution < -0.4 is 11.1 Å². The molecule has 1 aromatic rings. The largest absolute Gasteiger partial charge is 0.330 e. The van der Waals surface area contributed by atoms with E-state index >= 15 is 0 Å². The molecule has 6 heteroatoms. The zero-order valence-electron chi connectivity index (χ0n) is 10.3. The van der Waals surface area contributed by atoms with Crippen LogP contribution in [0.1, 0.15) is 19.8 Å². The Hall–Kier alpha value is -1.40. The zero-order valence-corrected chi connectivity index (χ0v) is 11.2. The second-order valence-corrected chi connectivity index (χ2v) is 6.15. The second kappa shape index (κ2) is 6.51. The van der Waals surface area contributed by atoms with Crippen LogP contribution in [0.3, 0.4) is 0 Å². The molecule has 3 N–H and O–H groups in total. The van der Waals surface area contributed by atoms with Crippen molar-refractivity contribution >= 4 is 21.4 Å². The molecule has 0 atom stereocenters. The molecular weight excluding hydrogens is 252 g/mol. The summed E-state index contributed by atoms with van der Waals surface area (Å²) in [5.41, 5.74) is 5.90. The first-order chi connectivity index (χ1) is 8.49. The summed E-state index contributed by atoms with van der Waals surface area (Å²) in [4.78, 5) is 11.7. The Morgan fingerprint density at radius 1 is 1.28 bits per heavy atom. The SMILES string of the molecule is CCS(=O)(=O)c1ccc(NC(=O)CCCN)cc1. The summed E-state index contributed by atoms with van der Waals surface area (Å²) in [6.45, 7) is 2.07. The van der Waals surface area contributed by atoms with Crippen LogP contribution in [0.5, 0.6) is 0 Å². The molecule has 1 amide bonds. The van der Waals surface area contributed by atoms with Gasteiger partial charge in [0.15, 0.2) is 9.84 Å². The molecular formula is C12H18N2O3S. The fourth-order valence-electron chi connectivity index (χ4n) is 1.40. The van der Waals surface area contributed by atoms with Crippen LogP contribution in [0, 0.1) is 0 Å². The number of hydrogen-bond donors (Lipinski definition) is 2. The number of carbonyl (C=O) groups excluding carboxylic acids is 1. The molecule has 0 aliphatic rings. The number of nitrogens with two attached hydrogens (primary N) is 1. The monoisotopic (exact) mass is 270 g/mol. The number of nitrogens with one attached hydrogen (secondary N) is 1. The van der Waals surface area contributed by atoms with Gasteiger partial charge in [0.05, 0.1) is 10.6 Å². The van der Waals surface area contributed by atoms with E-state index in [4.69, 9.17) is 5.73 Å². The lowest BCUT2D eigenvalue weighted by atomic mass is 10.2. The molecule has 0 bridgehead atoms. The number of sulfone groups is 1. The van der Waals surface area contributed by atoms with E-state index in [9.17, 15) is 13.2 Å². The van der Waals surface area contributed by atoms with Gasteiger partial charge in [-0.3, -0.25) is 4.79 Å². The van der Waals surface area contributed by atoms with E-state index < -0.39 is 9.84 Å². The van der Waals surface area contributed by atoms with Crippen molar-refractivity contribution in [3.63, 3.8) is 0 Å². The molecule has 0 aliphatic carbocycles. The average Bonchev–Trinajstić information content (AvgIpc) is 2.37. The van der Waals surface area contributed by atoms with Gasteiger partial charge in [-0.05, 0) is 37.2 Å². The zero-order chi connectivity index (χ0) is 13.6. The van der Waals surface area contributed by atoms with Crippen LogP contribution in [0.25, 0.3) is 0 Å². The van der Waals surface area contributed by atoms with Crippen molar-refractivity contribution in [1.82, 2.24) is 0 Å². The Kier molecular flexibility index (Phi) is 5.30. The first kappa shape index (κ1) is 14.7. The van der Waals surface area contributed by atoms with Gasteiger partial charge in [0.1, 0.15) is 0 Å². The molecule has 0 radical (unpaired) electrons. The number of anilines is 1. The smallest absolute Gasteiger partial charge is 0.224 e. The molecule has 18 heavy (non-hydrogen) atoms. The minimum absolute atomic E-state index is 0.0647. The summed E-state index contributed by atoms with van der Waals surface area (Å²) in [6.07, 6.45) is 1.000. The topological polar surface area (TPSA) is 89.3 Å². The van der Waals surface area contributed by atoms with Gasteiger partial charge in [-0.2, -0.15) is 0 Å². The van der Waals surface area contributed by atoms with Crippen LogP contribution in [0.4, 0.5) is 5.69 Å². The summed E-state index contributed by atoms with van der Waals surface area (Å²) in [5.74, 6) is -0.0542. The predicted molar refractivity (Wildman–Crippen MR) is 71.1 cm³/mol. The molecule has 0 fully saturated rings. The van der Waals surface area contributed by atoms with Gasteiger partial charge in [0.25, 0.3) is 0 Å². The number of rotatable bonds is 6. The molecule has 0 unspecified atom stereocenters. The Bertz CT molecular complexity index is 495. The lowest BCUT2D eigenvalue weighted by molar-refractivity contribution is -0.116. The number of carbonyl (C=O) groups is 1. The van der Waals surface area contributed by atoms with E-state index in [0.29, 0.717) is 25.1 Å². The van der Waals surface area contributed by atoms with Crippen molar-refractivity contribution in [3.8, 4) is 0 Å². The Balaban J connectivity index is 2.69. The number of benzene rings is 1. The van der Waals surface area contributed by atoms with Crippen LogP contribution in [-0.4, -0.2) is 26.6 Å². The maximum atomic E-state index is 11.6. The van der Waals surface area contributed by atoms with Crippen LogP contribution >= 0.6 is 0 Å². The third kappa shape index (κ3) is 4.12. The Morgan fingerprint density at radius 3 is 2.39 bits per heavy atom. The quantitative estimate of drug-likeness (QED) is 0.811. The number of hydrogen-bond acceptors (Lipinski definition) is 4. The maximum absolute atomic E-state index is 11.6. The van der Waals surface area contributed by atoms with Gasteiger partial charge in [0, 0.05) is 12.1 Å². The molecule has 0 saturated carbocycles. The van der Waals surface area contributed by atoms with Gasteiger partial charge in [-0.1, -0.05) is 6.92 Å². The van der Waals surface area contributed by atoms with Gasteiger partial charge in [-0.15, -0.1) is 0 Å². The summed E-state index contributed by atoms with van der Waals surface area (Å²) in [6, 6.07) is 6.17. The fraction of sp³-hybridized carbons (Fsp3) is 0.417. The van der Waals surface area contributed by atoms with E-state index in [2.05, 4.69) is 5.32 Å². The third-order valence-corrected chi connectivity index (χ3v) is 4.24. The fourth-order valence-corrected chi connectivity index (χ4v) is 2.28. The molecule has 5 nitrogen and oxygen atoms in total. The van der Waals surface area contributed by atoms with E-state index in [0.717, 1.165) is 0 Å². The van der Waals surface area contributed by atoms with Crippen LogP contribution in [0.15, 0.2) is 29.2 Å². The summed E-state index contributed by atoms with van der Waals surface area (Å²) in [7, 11) is -3.19. The third-order valence-electron chi connectivity index (χ3n) is 2.49. The highest BCUT2D eigenvalue weighted by molar-refractivity contribution is 7.91. The van der Waals surface area contributed by atoms with Crippen molar-refractivity contribution in [2.75, 3.05) is 17.6 Å². The van der Waals surface area contributed by atoms with Gasteiger partial charge < -0.3 is 11.1 Å². The first-order valence-corrected chi connectivity index (χ1v) is 7.47. The molecule has 0 aliphatic heterocycles. The lowest BCUT2D eigenvalue weighted by Gasteiger charge is -2.06. The summed E-state index contributed by atoms with van der Waals surface area (Å²) in [5, 5.41) is 2.68. The van der Waals surface area contributed by atoms with Gasteiger partial charge in [-0.25, -0.2) is 8.42 Å². The van der Waals surface area contributed by atoms with Crippen molar-refractivity contribution in [1.29, 1.82) is 0 Å². The molecule has 0 heterocycles. The maximum Gasteiger partial charge on any atom is 0.224 e. The summed E-state index contributed by atoms with van der Waals surface area (Å²) < 4.78 is 23.1. The standard InChI is InChI=1S/C12H18N2O3S/c1-2-18(16,17)11-7-5-10(6-8-11)14-12(15)4-3-9-13/h5-8H,2-4,9,13H2,1H3,(H,14,15). The van der Waals surface area contributed by atoms with Crippen molar-refractivity contribution in [2.24, 2.45) is 5.73 Å². The van der Waals surface area contributed by atoms with Crippen molar-refractivity contribution < 1.29 is 13.2 Å². The molecule has 0 aromatic heterocycles. The molecule has 1 aromatic carbocycles. The van der Waals surface area contributed by atoms with Crippen molar-refractivity contribution in [2.45, 2.75) is 24.7 Å². The van der Waals surface area contributed by atoms with Gasteiger partial charge >= 0.3 is 0 Å². The minimum Gasteiger partial charge on any atom is -0.330 e. The lowest BCUT2D eigenvalue weighted by Crippen LogP contribution is -2.13. The highest BCUT2D eigenvalue weighted by atomic mass is 32.2. The molecule has 0 saturated heterocycles. The molecule has 100 valence electrons. The van der Waals surface area contributed by atoms with E-state index in [1.807, 2.05) is 0 Å². The van der Waals surface area contributed by atoms with Crippen molar-refractivity contribution in [3.05, 3.63) is 24.3 Å². The van der Waals surface area contributed by atoms with Crippen LogP contribution in [0.2, 0.25) is 0 Å². The second-order valence-electron chi connectivity index (χ2n) is 3.87. The van der Waals surface area contributed by atoms with Crippen LogP contribution in [-0.2, 0) is 14.6 Å². The Morgan fingerprint density at radius 2 is 1.89 bits per heavy atom. The molecule has 1 rings (SSSR count). The van der Waals surface area contributed by atoms with E-state index in [1.54, 1.807) is 19.1 Å². The highest BCUT2D eigenvalue weighted by Crippen LogP contribution is 2.15. The number of amides is 1. The predicted octanol–water partition coefficient (Wildman–Crippen LogP) is 1.16. The Labute approximate surface area is 107 Å². The van der Waals surface area contributed by atoms with E-state index in [1.165, 1.54) is 12.1 Å². The minimum atomic E-state index is -3.19. The van der Waals surface area contributed by atoms with E-state index in [-0.39, 0.29) is 16.6 Å². The summed E-state index contributed by atoms with van der Waals surface area (Å²) >= 11 is 0. The normalized spacial score (nSPS) is 11.2. The van der Waals surface area contributed by atoms with Gasteiger partial charge in [0.2, 0.25) is 5.91 Å².